The Morgan fingerprint density at radius 2 is 2.20 bits per heavy atom. The van der Waals surface area contributed by atoms with E-state index in [9.17, 15) is 9.90 Å². The minimum atomic E-state index is -0.385. The second-order valence-electron chi connectivity index (χ2n) is 5.56. The fraction of sp³-hybridized carbons (Fsp3) is 0.235. The van der Waals surface area contributed by atoms with Gasteiger partial charge in [0.15, 0.2) is 0 Å². The number of rotatable bonds is 5. The molecule has 0 aliphatic heterocycles. The van der Waals surface area contributed by atoms with Crippen molar-refractivity contribution in [2.24, 2.45) is 0 Å². The molecule has 3 aromatic rings. The zero-order chi connectivity index (χ0) is 17.8. The highest BCUT2D eigenvalue weighted by atomic mass is 16.5. The summed E-state index contributed by atoms with van der Waals surface area (Å²) in [4.78, 5) is 16.3. The second kappa shape index (κ2) is 7.18. The summed E-state index contributed by atoms with van der Waals surface area (Å²) < 4.78 is 5.13. The largest absolute Gasteiger partial charge is 0.479 e. The number of anilines is 1. The average molecular weight is 341 g/mol. The Hall–Kier alpha value is -3.13. The van der Waals surface area contributed by atoms with Crippen molar-refractivity contribution in [2.45, 2.75) is 20.1 Å². The number of H-pyrrole nitrogens is 1. The number of pyridine rings is 1. The number of nitrogens with zero attached hydrogens (tertiary/aromatic N) is 2. The molecule has 0 radical (unpaired) electrons. The summed E-state index contributed by atoms with van der Waals surface area (Å²) in [6.07, 6.45) is 0. The summed E-state index contributed by atoms with van der Waals surface area (Å²) in [5.74, 6) is 0.659. The van der Waals surface area contributed by atoms with Gasteiger partial charge in [0.05, 0.1) is 30.3 Å². The molecular weight excluding hydrogens is 322 g/mol. The predicted octanol–water partition coefficient (Wildman–Crippen LogP) is 2.09. The van der Waals surface area contributed by atoms with Gasteiger partial charge in [0.1, 0.15) is 5.82 Å². The molecule has 2 heterocycles. The van der Waals surface area contributed by atoms with Crippen LogP contribution < -0.4 is 15.4 Å². The number of fused-ring (bicyclic) bond motifs is 1. The Balaban J connectivity index is 1.72. The van der Waals surface area contributed by atoms with Gasteiger partial charge in [-0.25, -0.2) is 9.78 Å². The van der Waals surface area contributed by atoms with E-state index < -0.39 is 0 Å². The van der Waals surface area contributed by atoms with E-state index in [-0.39, 0.29) is 12.6 Å². The zero-order valence-electron chi connectivity index (χ0n) is 14.0. The van der Waals surface area contributed by atoms with Crippen molar-refractivity contribution < 1.29 is 14.6 Å². The Kier molecular flexibility index (Phi) is 4.80. The lowest BCUT2D eigenvalue weighted by atomic mass is 10.1. The summed E-state index contributed by atoms with van der Waals surface area (Å²) in [5, 5.41) is 22.3. The zero-order valence-corrected chi connectivity index (χ0v) is 14.0. The third kappa shape index (κ3) is 3.69. The van der Waals surface area contributed by atoms with Gasteiger partial charge in [0.25, 0.3) is 0 Å². The normalized spacial score (nSPS) is 10.7. The molecule has 0 aliphatic carbocycles. The van der Waals surface area contributed by atoms with E-state index >= 15 is 0 Å². The van der Waals surface area contributed by atoms with Gasteiger partial charge in [0, 0.05) is 12.6 Å². The Morgan fingerprint density at radius 1 is 1.36 bits per heavy atom. The number of aromatic amines is 1. The molecule has 3 rings (SSSR count). The lowest BCUT2D eigenvalue weighted by molar-refractivity contribution is 0.251. The molecule has 25 heavy (non-hydrogen) atoms. The van der Waals surface area contributed by atoms with E-state index in [0.29, 0.717) is 34.8 Å². The van der Waals surface area contributed by atoms with Gasteiger partial charge in [-0.2, -0.15) is 0 Å². The maximum atomic E-state index is 12.1. The summed E-state index contributed by atoms with van der Waals surface area (Å²) in [6.45, 7) is 2.10. The number of aliphatic hydroxyl groups is 1. The van der Waals surface area contributed by atoms with Crippen LogP contribution in [0.5, 0.6) is 5.88 Å². The number of aliphatic hydroxyl groups excluding tert-OH is 1. The number of nitrogens with one attached hydrogen (secondary N) is 3. The van der Waals surface area contributed by atoms with Gasteiger partial charge < -0.3 is 15.2 Å². The Bertz CT molecular complexity index is 906. The lowest BCUT2D eigenvalue weighted by Crippen LogP contribution is -2.28. The number of hydrogen-bond acceptors (Lipinski definition) is 5. The fourth-order valence-corrected chi connectivity index (χ4v) is 2.58. The van der Waals surface area contributed by atoms with E-state index in [0.717, 1.165) is 11.1 Å². The molecule has 0 saturated heterocycles. The van der Waals surface area contributed by atoms with Crippen LogP contribution in [0.2, 0.25) is 0 Å². The minimum absolute atomic E-state index is 0.299. The summed E-state index contributed by atoms with van der Waals surface area (Å²) in [5.41, 5.74) is 3.13. The molecule has 0 unspecified atom stereocenters. The van der Waals surface area contributed by atoms with Gasteiger partial charge >= 0.3 is 6.03 Å². The van der Waals surface area contributed by atoms with Gasteiger partial charge in [-0.1, -0.05) is 29.8 Å². The van der Waals surface area contributed by atoms with Crippen molar-refractivity contribution in [2.75, 3.05) is 12.4 Å². The van der Waals surface area contributed by atoms with Gasteiger partial charge in [0.2, 0.25) is 5.88 Å². The van der Waals surface area contributed by atoms with Crippen molar-refractivity contribution in [1.29, 1.82) is 0 Å². The van der Waals surface area contributed by atoms with Crippen molar-refractivity contribution in [3.63, 3.8) is 0 Å². The number of ether oxygens (including phenoxy) is 1. The topological polar surface area (TPSA) is 112 Å². The number of hydrogen-bond donors (Lipinski definition) is 4. The standard InChI is InChI=1S/C17H19N5O3/c1-10-4-3-5-11(6-10)8-18-17(24)20-14-7-12-15(13(9-23)19-14)16(25-2)22-21-12/h3-7,23H,8-9H2,1-2H3,(H,21,22)(H2,18,19,20,24). The quantitative estimate of drug-likeness (QED) is 0.568. The van der Waals surface area contributed by atoms with Crippen molar-refractivity contribution in [3.8, 4) is 5.88 Å². The van der Waals surface area contributed by atoms with E-state index in [2.05, 4.69) is 25.8 Å². The molecule has 0 aliphatic rings. The molecule has 1 aromatic carbocycles. The lowest BCUT2D eigenvalue weighted by Gasteiger charge is -2.09. The number of amides is 2. The van der Waals surface area contributed by atoms with Gasteiger partial charge in [-0.15, -0.1) is 5.10 Å². The molecule has 2 aromatic heterocycles. The first kappa shape index (κ1) is 16.7. The SMILES string of the molecule is COc1n[nH]c2cc(NC(=O)NCc3cccc(C)c3)nc(CO)c12. The van der Waals surface area contributed by atoms with E-state index in [1.54, 1.807) is 6.07 Å². The maximum absolute atomic E-state index is 12.1. The van der Waals surface area contributed by atoms with Crippen LogP contribution in [0.3, 0.4) is 0 Å². The molecule has 0 bridgehead atoms. The highest BCUT2D eigenvalue weighted by Gasteiger charge is 2.14. The molecular formula is C17H19N5O3. The van der Waals surface area contributed by atoms with Crippen LogP contribution in [0.25, 0.3) is 10.9 Å². The Morgan fingerprint density at radius 3 is 2.92 bits per heavy atom. The van der Waals surface area contributed by atoms with Crippen LogP contribution in [0.4, 0.5) is 10.6 Å². The van der Waals surface area contributed by atoms with Gasteiger partial charge in [-0.05, 0) is 12.5 Å². The molecule has 8 nitrogen and oxygen atoms in total. The van der Waals surface area contributed by atoms with Gasteiger partial charge in [-0.3, -0.25) is 10.4 Å². The first-order valence-corrected chi connectivity index (χ1v) is 7.74. The smallest absolute Gasteiger partial charge is 0.320 e. The minimum Gasteiger partial charge on any atom is -0.479 e. The third-order valence-corrected chi connectivity index (χ3v) is 3.71. The molecule has 0 atom stereocenters. The monoisotopic (exact) mass is 341 g/mol. The number of carbonyl (C=O) groups excluding carboxylic acids is 1. The first-order valence-electron chi connectivity index (χ1n) is 7.74. The predicted molar refractivity (Wildman–Crippen MR) is 93.4 cm³/mol. The molecule has 0 spiro atoms. The highest BCUT2D eigenvalue weighted by Crippen LogP contribution is 2.27. The third-order valence-electron chi connectivity index (χ3n) is 3.71. The number of carbonyl (C=O) groups is 1. The maximum Gasteiger partial charge on any atom is 0.320 e. The second-order valence-corrected chi connectivity index (χ2v) is 5.56. The van der Waals surface area contributed by atoms with Crippen LogP contribution in [-0.4, -0.2) is 33.4 Å². The number of methoxy groups -OCH3 is 1. The molecule has 130 valence electrons. The Labute approximate surface area is 144 Å². The van der Waals surface area contributed by atoms with Crippen LogP contribution in [0.15, 0.2) is 30.3 Å². The van der Waals surface area contributed by atoms with E-state index in [1.165, 1.54) is 7.11 Å². The van der Waals surface area contributed by atoms with Crippen molar-refractivity contribution in [1.82, 2.24) is 20.5 Å². The number of aryl methyl sites for hydroxylation is 1. The molecule has 8 heteroatoms. The first-order chi connectivity index (χ1) is 12.1. The van der Waals surface area contributed by atoms with Crippen LogP contribution in [-0.2, 0) is 13.2 Å². The number of benzene rings is 1. The number of urea groups is 1. The number of aromatic nitrogens is 3. The van der Waals surface area contributed by atoms with Crippen LogP contribution in [0, 0.1) is 6.92 Å². The summed E-state index contributed by atoms with van der Waals surface area (Å²) in [7, 11) is 1.49. The van der Waals surface area contributed by atoms with E-state index in [4.69, 9.17) is 4.74 Å². The fourth-order valence-electron chi connectivity index (χ4n) is 2.58. The summed E-state index contributed by atoms with van der Waals surface area (Å²) in [6, 6.07) is 9.14. The van der Waals surface area contributed by atoms with Crippen molar-refractivity contribution >= 4 is 22.8 Å². The summed E-state index contributed by atoms with van der Waals surface area (Å²) >= 11 is 0. The van der Waals surface area contributed by atoms with Crippen molar-refractivity contribution in [3.05, 3.63) is 47.2 Å². The molecule has 2 amide bonds. The highest BCUT2D eigenvalue weighted by molar-refractivity contribution is 5.93. The molecule has 0 saturated carbocycles. The average Bonchev–Trinajstić information content (AvgIpc) is 3.02. The van der Waals surface area contributed by atoms with E-state index in [1.807, 2.05) is 31.2 Å². The van der Waals surface area contributed by atoms with Crippen LogP contribution >= 0.6 is 0 Å². The van der Waals surface area contributed by atoms with Crippen LogP contribution in [0.1, 0.15) is 16.8 Å². The molecule has 0 fully saturated rings. The molecule has 4 N–H and O–H groups in total.